The number of rotatable bonds is 5. The van der Waals surface area contributed by atoms with Crippen molar-refractivity contribution in [3.63, 3.8) is 0 Å². The molecule has 0 unspecified atom stereocenters. The van der Waals surface area contributed by atoms with E-state index >= 15 is 0 Å². The molecule has 0 radical (unpaired) electrons. The highest BCUT2D eigenvalue weighted by molar-refractivity contribution is 7.89. The number of hydrogen-bond donors (Lipinski definition) is 2. The molecule has 0 aromatic heterocycles. The number of amides is 1. The third kappa shape index (κ3) is 4.44. The van der Waals surface area contributed by atoms with Crippen molar-refractivity contribution in [1.29, 1.82) is 0 Å². The summed E-state index contributed by atoms with van der Waals surface area (Å²) in [5.74, 6) is -0.102. The Labute approximate surface area is 139 Å². The number of halogens is 1. The summed E-state index contributed by atoms with van der Waals surface area (Å²) >= 11 is 5.86. The van der Waals surface area contributed by atoms with Gasteiger partial charge in [0.25, 0.3) is 5.91 Å². The van der Waals surface area contributed by atoms with Gasteiger partial charge in [0.1, 0.15) is 5.75 Å². The molecule has 0 atom stereocenters. The first-order valence-corrected chi connectivity index (χ1v) is 8.60. The molecule has 0 aliphatic heterocycles. The van der Waals surface area contributed by atoms with Crippen LogP contribution in [0.5, 0.6) is 5.75 Å². The lowest BCUT2D eigenvalue weighted by molar-refractivity contribution is 0.102. The van der Waals surface area contributed by atoms with Crippen LogP contribution in [0.3, 0.4) is 0 Å². The van der Waals surface area contributed by atoms with Crippen LogP contribution in [-0.4, -0.2) is 20.9 Å². The standard InChI is InChI=1S/C15H15ClN2O4S/c1-2-22-14-7-6-12(23(17,20)21)9-13(14)18-15(19)10-4-3-5-11(16)8-10/h3-9H,2H2,1H3,(H,18,19)(H2,17,20,21). The summed E-state index contributed by atoms with van der Waals surface area (Å²) in [6.45, 7) is 2.13. The molecule has 0 saturated carbocycles. The summed E-state index contributed by atoms with van der Waals surface area (Å²) in [6.07, 6.45) is 0. The normalized spacial score (nSPS) is 11.1. The van der Waals surface area contributed by atoms with Crippen LogP contribution < -0.4 is 15.2 Å². The van der Waals surface area contributed by atoms with Crippen LogP contribution in [0, 0.1) is 0 Å². The van der Waals surface area contributed by atoms with Crippen LogP contribution in [-0.2, 0) is 10.0 Å². The molecule has 0 fully saturated rings. The van der Waals surface area contributed by atoms with E-state index < -0.39 is 15.9 Å². The summed E-state index contributed by atoms with van der Waals surface area (Å²) < 4.78 is 28.3. The Bertz CT molecular complexity index is 837. The summed E-state index contributed by atoms with van der Waals surface area (Å²) in [4.78, 5) is 12.2. The van der Waals surface area contributed by atoms with Crippen molar-refractivity contribution in [3.05, 3.63) is 53.1 Å². The molecule has 23 heavy (non-hydrogen) atoms. The Balaban J connectivity index is 2.38. The van der Waals surface area contributed by atoms with Crippen molar-refractivity contribution in [3.8, 4) is 5.75 Å². The lowest BCUT2D eigenvalue weighted by Gasteiger charge is -2.13. The van der Waals surface area contributed by atoms with Gasteiger partial charge in [-0.15, -0.1) is 0 Å². The van der Waals surface area contributed by atoms with E-state index in [1.807, 2.05) is 0 Å². The molecule has 2 aromatic rings. The van der Waals surface area contributed by atoms with Gasteiger partial charge in [-0.05, 0) is 43.3 Å². The zero-order valence-corrected chi connectivity index (χ0v) is 13.8. The van der Waals surface area contributed by atoms with Gasteiger partial charge in [-0.2, -0.15) is 0 Å². The second kappa shape index (κ2) is 6.99. The van der Waals surface area contributed by atoms with Gasteiger partial charge in [-0.1, -0.05) is 17.7 Å². The zero-order chi connectivity index (χ0) is 17.0. The number of nitrogens with one attached hydrogen (secondary N) is 1. The third-order valence-electron chi connectivity index (χ3n) is 2.91. The number of anilines is 1. The second-order valence-corrected chi connectivity index (χ2v) is 6.60. The van der Waals surface area contributed by atoms with E-state index in [4.69, 9.17) is 21.5 Å². The smallest absolute Gasteiger partial charge is 0.255 e. The fourth-order valence-corrected chi connectivity index (χ4v) is 2.62. The Hall–Kier alpha value is -2.09. The highest BCUT2D eigenvalue weighted by Gasteiger charge is 2.15. The van der Waals surface area contributed by atoms with Crippen LogP contribution in [0.1, 0.15) is 17.3 Å². The maximum absolute atomic E-state index is 12.3. The number of carbonyl (C=O) groups excluding carboxylic acids is 1. The van der Waals surface area contributed by atoms with Gasteiger partial charge in [0, 0.05) is 10.6 Å². The van der Waals surface area contributed by atoms with Crippen LogP contribution in [0.2, 0.25) is 5.02 Å². The van der Waals surface area contributed by atoms with Crippen LogP contribution in [0.4, 0.5) is 5.69 Å². The predicted octanol–water partition coefficient (Wildman–Crippen LogP) is 2.64. The first-order chi connectivity index (χ1) is 10.8. The molecule has 0 aliphatic rings. The molecule has 0 saturated heterocycles. The average molecular weight is 355 g/mol. The van der Waals surface area contributed by atoms with E-state index in [2.05, 4.69) is 5.32 Å². The Morgan fingerprint density at radius 3 is 2.61 bits per heavy atom. The minimum Gasteiger partial charge on any atom is -0.492 e. The van der Waals surface area contributed by atoms with Gasteiger partial charge in [0.15, 0.2) is 0 Å². The molecular formula is C15H15ClN2O4S. The molecule has 3 N–H and O–H groups in total. The van der Waals surface area contributed by atoms with E-state index in [0.29, 0.717) is 22.9 Å². The van der Waals surface area contributed by atoms with Crippen LogP contribution >= 0.6 is 11.6 Å². The topological polar surface area (TPSA) is 98.5 Å². The summed E-state index contributed by atoms with van der Waals surface area (Å²) in [5.41, 5.74) is 0.546. The van der Waals surface area contributed by atoms with Crippen molar-refractivity contribution in [2.75, 3.05) is 11.9 Å². The van der Waals surface area contributed by atoms with Crippen molar-refractivity contribution in [1.82, 2.24) is 0 Å². The molecule has 122 valence electrons. The number of ether oxygens (including phenoxy) is 1. The molecule has 6 nitrogen and oxygen atoms in total. The molecule has 2 rings (SSSR count). The first kappa shape index (κ1) is 17.3. The quantitative estimate of drug-likeness (QED) is 0.862. The maximum atomic E-state index is 12.3. The number of benzene rings is 2. The molecule has 0 aliphatic carbocycles. The number of sulfonamides is 1. The van der Waals surface area contributed by atoms with E-state index in [0.717, 1.165) is 0 Å². The van der Waals surface area contributed by atoms with Gasteiger partial charge in [0.05, 0.1) is 17.2 Å². The lowest BCUT2D eigenvalue weighted by Crippen LogP contribution is -2.16. The number of hydrogen-bond acceptors (Lipinski definition) is 4. The molecule has 0 heterocycles. The van der Waals surface area contributed by atoms with Gasteiger partial charge < -0.3 is 10.1 Å². The highest BCUT2D eigenvalue weighted by atomic mass is 35.5. The fourth-order valence-electron chi connectivity index (χ4n) is 1.89. The third-order valence-corrected chi connectivity index (χ3v) is 4.06. The second-order valence-electron chi connectivity index (χ2n) is 4.60. The summed E-state index contributed by atoms with van der Waals surface area (Å²) in [6, 6.07) is 10.4. The molecule has 0 spiro atoms. The van der Waals surface area contributed by atoms with Crippen molar-refractivity contribution in [2.24, 2.45) is 5.14 Å². The predicted molar refractivity (Wildman–Crippen MR) is 88.4 cm³/mol. The Kier molecular flexibility index (Phi) is 5.25. The molecule has 2 aromatic carbocycles. The summed E-state index contributed by atoms with van der Waals surface area (Å²) in [7, 11) is -3.89. The Morgan fingerprint density at radius 2 is 2.00 bits per heavy atom. The molecule has 0 bridgehead atoms. The van der Waals surface area contributed by atoms with E-state index in [1.165, 1.54) is 24.3 Å². The average Bonchev–Trinajstić information content (AvgIpc) is 2.48. The molecular weight excluding hydrogens is 340 g/mol. The minimum absolute atomic E-state index is 0.123. The van der Waals surface area contributed by atoms with E-state index in [9.17, 15) is 13.2 Å². The van der Waals surface area contributed by atoms with Crippen molar-refractivity contribution in [2.45, 2.75) is 11.8 Å². The van der Waals surface area contributed by atoms with E-state index in [-0.39, 0.29) is 10.6 Å². The van der Waals surface area contributed by atoms with Crippen LogP contribution in [0.25, 0.3) is 0 Å². The van der Waals surface area contributed by atoms with Crippen molar-refractivity contribution >= 4 is 33.2 Å². The van der Waals surface area contributed by atoms with Crippen molar-refractivity contribution < 1.29 is 17.9 Å². The SMILES string of the molecule is CCOc1ccc(S(N)(=O)=O)cc1NC(=O)c1cccc(Cl)c1. The largest absolute Gasteiger partial charge is 0.492 e. The number of primary sulfonamides is 1. The zero-order valence-electron chi connectivity index (χ0n) is 12.2. The summed E-state index contributed by atoms with van der Waals surface area (Å²) in [5, 5.41) is 8.14. The lowest BCUT2D eigenvalue weighted by atomic mass is 10.2. The number of carbonyl (C=O) groups is 1. The van der Waals surface area contributed by atoms with Gasteiger partial charge >= 0.3 is 0 Å². The van der Waals surface area contributed by atoms with Gasteiger partial charge in [0.2, 0.25) is 10.0 Å². The van der Waals surface area contributed by atoms with Gasteiger partial charge in [-0.3, -0.25) is 4.79 Å². The first-order valence-electron chi connectivity index (χ1n) is 6.68. The maximum Gasteiger partial charge on any atom is 0.255 e. The van der Waals surface area contributed by atoms with Gasteiger partial charge in [-0.25, -0.2) is 13.6 Å². The Morgan fingerprint density at radius 1 is 1.26 bits per heavy atom. The fraction of sp³-hybridized carbons (Fsp3) is 0.133. The van der Waals surface area contributed by atoms with E-state index in [1.54, 1.807) is 25.1 Å². The number of nitrogens with two attached hydrogens (primary N) is 1. The monoisotopic (exact) mass is 354 g/mol. The molecule has 8 heteroatoms. The molecule has 1 amide bonds. The van der Waals surface area contributed by atoms with Crippen LogP contribution in [0.15, 0.2) is 47.4 Å². The minimum atomic E-state index is -3.89. The highest BCUT2D eigenvalue weighted by Crippen LogP contribution is 2.28.